The molecule has 216 valence electrons. The standard InChI is InChI=1S/C26H26N4O10S/c1-15(31)27-25(35)40-14-26(2)21(24(34)39-12-16-8-10-17(11-9-16)30(36)37)29-22(33)20(23(29)41-26)28-19(32)13-38-18-6-4-3-5-7-18/h3-11,20-21,23H,12-14H2,1-2H3,(H,28,32)(H,27,31,35)/t20-,21+,23-,26+/m1/s1. The average molecular weight is 587 g/mol. The van der Waals surface area contributed by atoms with Gasteiger partial charge in [-0.15, -0.1) is 11.8 Å². The first-order valence-electron chi connectivity index (χ1n) is 12.3. The molecule has 0 aliphatic carbocycles. The molecular weight excluding hydrogens is 560 g/mol. The number of hydrogen-bond acceptors (Lipinski definition) is 11. The van der Waals surface area contributed by atoms with Crippen molar-refractivity contribution in [3.63, 3.8) is 0 Å². The smallest absolute Gasteiger partial charge is 0.413 e. The Kier molecular flexibility index (Phi) is 8.76. The summed E-state index contributed by atoms with van der Waals surface area (Å²) >= 11 is 1.14. The van der Waals surface area contributed by atoms with Crippen LogP contribution < -0.4 is 15.4 Å². The van der Waals surface area contributed by atoms with Gasteiger partial charge in [0.25, 0.3) is 11.6 Å². The molecule has 0 bridgehead atoms. The number of ether oxygens (including phenoxy) is 3. The molecule has 2 fully saturated rings. The number of nitrogens with zero attached hydrogens (tertiary/aromatic N) is 2. The van der Waals surface area contributed by atoms with E-state index in [1.54, 1.807) is 37.3 Å². The van der Waals surface area contributed by atoms with Crippen LogP contribution in [0, 0.1) is 10.1 Å². The summed E-state index contributed by atoms with van der Waals surface area (Å²) in [6, 6.07) is 11.9. The lowest BCUT2D eigenvalue weighted by atomic mass is 9.95. The van der Waals surface area contributed by atoms with Gasteiger partial charge >= 0.3 is 12.1 Å². The number of hydrogen-bond donors (Lipinski definition) is 2. The quantitative estimate of drug-likeness (QED) is 0.178. The number of esters is 1. The second-order valence-electron chi connectivity index (χ2n) is 9.40. The van der Waals surface area contributed by atoms with Crippen LogP contribution in [0.5, 0.6) is 5.75 Å². The van der Waals surface area contributed by atoms with Gasteiger partial charge in [-0.05, 0) is 36.8 Å². The van der Waals surface area contributed by atoms with Crippen LogP contribution in [0.15, 0.2) is 54.6 Å². The Morgan fingerprint density at radius 3 is 2.39 bits per heavy atom. The second kappa shape index (κ2) is 12.2. The van der Waals surface area contributed by atoms with Gasteiger partial charge < -0.3 is 24.4 Å². The SMILES string of the molecule is CC(=O)NC(=O)OC[C@]1(C)S[C@@H]2[C@H](NC(=O)COc3ccccc3)C(=O)N2[C@H]1C(=O)OCc1ccc([N+](=O)[O-])cc1. The molecule has 2 aliphatic rings. The van der Waals surface area contributed by atoms with Crippen molar-refractivity contribution in [1.82, 2.24) is 15.5 Å². The minimum atomic E-state index is -1.21. The maximum absolute atomic E-state index is 13.3. The van der Waals surface area contributed by atoms with Gasteiger partial charge in [-0.1, -0.05) is 18.2 Å². The molecule has 0 unspecified atom stereocenters. The third kappa shape index (κ3) is 6.74. The summed E-state index contributed by atoms with van der Waals surface area (Å²) in [5.74, 6) is -2.05. The number of β-lactam (4-membered cyclic amide) rings is 1. The Hall–Kier alpha value is -4.66. The van der Waals surface area contributed by atoms with Gasteiger partial charge in [0.2, 0.25) is 11.8 Å². The number of rotatable bonds is 10. The average Bonchev–Trinajstić information content (AvgIpc) is 3.22. The molecule has 2 N–H and O–H groups in total. The molecule has 14 nitrogen and oxygen atoms in total. The molecule has 4 atom stereocenters. The minimum Gasteiger partial charge on any atom is -0.484 e. The van der Waals surface area contributed by atoms with Crippen molar-refractivity contribution in [2.75, 3.05) is 13.2 Å². The first-order valence-corrected chi connectivity index (χ1v) is 13.2. The topological polar surface area (TPSA) is 183 Å². The Morgan fingerprint density at radius 1 is 1.07 bits per heavy atom. The van der Waals surface area contributed by atoms with Crippen LogP contribution in [-0.4, -0.2) is 75.0 Å². The fraction of sp³-hybridized carbons (Fsp3) is 0.346. The zero-order valence-electron chi connectivity index (χ0n) is 21.9. The predicted molar refractivity (Wildman–Crippen MR) is 142 cm³/mol. The number of nitro groups is 1. The molecule has 41 heavy (non-hydrogen) atoms. The highest BCUT2D eigenvalue weighted by atomic mass is 32.2. The molecule has 2 aromatic rings. The molecule has 0 radical (unpaired) electrons. The van der Waals surface area contributed by atoms with E-state index in [1.165, 1.54) is 29.2 Å². The Bertz CT molecular complexity index is 1360. The monoisotopic (exact) mass is 586 g/mol. The van der Waals surface area contributed by atoms with Gasteiger partial charge in [0.15, 0.2) is 6.61 Å². The first kappa shape index (κ1) is 29.3. The summed E-state index contributed by atoms with van der Waals surface area (Å²) in [4.78, 5) is 73.7. The van der Waals surface area contributed by atoms with E-state index in [2.05, 4.69) is 5.32 Å². The molecule has 15 heteroatoms. The van der Waals surface area contributed by atoms with Crippen LogP contribution in [0.3, 0.4) is 0 Å². The molecule has 4 amide bonds. The van der Waals surface area contributed by atoms with Crippen molar-refractivity contribution >= 4 is 47.2 Å². The van der Waals surface area contributed by atoms with Gasteiger partial charge in [0.1, 0.15) is 36.4 Å². The first-order chi connectivity index (χ1) is 19.5. The van der Waals surface area contributed by atoms with E-state index in [1.807, 2.05) is 5.32 Å². The molecular formula is C26H26N4O10S. The number of fused-ring (bicyclic) bond motifs is 1. The summed E-state index contributed by atoms with van der Waals surface area (Å²) in [7, 11) is 0. The number of nitrogens with one attached hydrogen (secondary N) is 2. The summed E-state index contributed by atoms with van der Waals surface area (Å²) in [5, 5.41) is 14.8. The van der Waals surface area contributed by atoms with E-state index in [9.17, 15) is 34.1 Å². The number of non-ortho nitro benzene ring substituents is 1. The Morgan fingerprint density at radius 2 is 1.76 bits per heavy atom. The maximum atomic E-state index is 13.3. The number of imide groups is 1. The third-order valence-corrected chi connectivity index (χ3v) is 7.90. The van der Waals surface area contributed by atoms with Crippen LogP contribution in [0.4, 0.5) is 10.5 Å². The third-order valence-electron chi connectivity index (χ3n) is 6.28. The van der Waals surface area contributed by atoms with Crippen molar-refractivity contribution in [3.05, 3.63) is 70.3 Å². The van der Waals surface area contributed by atoms with Gasteiger partial charge in [-0.25, -0.2) is 9.59 Å². The molecule has 0 saturated carbocycles. The number of carbonyl (C=O) groups excluding carboxylic acids is 5. The number of carbonyl (C=O) groups is 5. The van der Waals surface area contributed by atoms with Crippen molar-refractivity contribution in [2.45, 2.75) is 42.7 Å². The van der Waals surface area contributed by atoms with E-state index in [0.717, 1.165) is 18.7 Å². The number of amides is 4. The molecule has 2 saturated heterocycles. The number of nitro benzene ring substituents is 1. The van der Waals surface area contributed by atoms with Crippen LogP contribution in [-0.2, 0) is 35.3 Å². The molecule has 2 aromatic carbocycles. The number of alkyl carbamates (subject to hydrolysis) is 1. The van der Waals surface area contributed by atoms with Crippen molar-refractivity contribution in [2.24, 2.45) is 0 Å². The van der Waals surface area contributed by atoms with Gasteiger partial charge in [0, 0.05) is 19.1 Å². The fourth-order valence-electron chi connectivity index (χ4n) is 4.35. The zero-order chi connectivity index (χ0) is 29.7. The minimum absolute atomic E-state index is 0.128. The largest absolute Gasteiger partial charge is 0.484 e. The van der Waals surface area contributed by atoms with Gasteiger partial charge in [0.05, 0.1) is 9.67 Å². The zero-order valence-corrected chi connectivity index (χ0v) is 22.8. The van der Waals surface area contributed by atoms with E-state index >= 15 is 0 Å². The molecule has 0 spiro atoms. The molecule has 2 aliphatic heterocycles. The molecule has 4 rings (SSSR count). The van der Waals surface area contributed by atoms with Gasteiger partial charge in [-0.3, -0.25) is 29.8 Å². The predicted octanol–water partition coefficient (Wildman–Crippen LogP) is 1.52. The van der Waals surface area contributed by atoms with Crippen LogP contribution in [0.1, 0.15) is 19.4 Å². The lowest BCUT2D eigenvalue weighted by molar-refractivity contribution is -0.384. The van der Waals surface area contributed by atoms with E-state index in [4.69, 9.17) is 14.2 Å². The second-order valence-corrected chi connectivity index (χ2v) is 11.1. The fourth-order valence-corrected chi connectivity index (χ4v) is 6.02. The van der Waals surface area contributed by atoms with E-state index in [0.29, 0.717) is 11.3 Å². The Labute approximate surface area is 237 Å². The summed E-state index contributed by atoms with van der Waals surface area (Å²) in [6.45, 7) is 1.79. The summed E-state index contributed by atoms with van der Waals surface area (Å²) in [6.07, 6.45) is -1.03. The number of benzene rings is 2. The van der Waals surface area contributed by atoms with Gasteiger partial charge in [-0.2, -0.15) is 0 Å². The normalized spacial score (nSPS) is 22.5. The Balaban J connectivity index is 1.44. The van der Waals surface area contributed by atoms with Crippen LogP contribution in [0.25, 0.3) is 0 Å². The highest BCUT2D eigenvalue weighted by Gasteiger charge is 2.66. The molecule has 0 aromatic heterocycles. The van der Waals surface area contributed by atoms with Crippen molar-refractivity contribution < 1.29 is 43.1 Å². The van der Waals surface area contributed by atoms with Crippen LogP contribution >= 0.6 is 11.8 Å². The number of para-hydroxylation sites is 1. The highest BCUT2D eigenvalue weighted by Crippen LogP contribution is 2.51. The molecule has 2 heterocycles. The van der Waals surface area contributed by atoms with Crippen molar-refractivity contribution in [1.29, 1.82) is 0 Å². The van der Waals surface area contributed by atoms with E-state index < -0.39 is 56.9 Å². The lowest BCUT2D eigenvalue weighted by Crippen LogP contribution is -2.71. The summed E-state index contributed by atoms with van der Waals surface area (Å²) in [5.41, 5.74) is 0.348. The lowest BCUT2D eigenvalue weighted by Gasteiger charge is -2.43. The van der Waals surface area contributed by atoms with Crippen LogP contribution in [0.2, 0.25) is 0 Å². The van der Waals surface area contributed by atoms with Crippen molar-refractivity contribution in [3.8, 4) is 5.75 Å². The summed E-state index contributed by atoms with van der Waals surface area (Å²) < 4.78 is 14.8. The highest BCUT2D eigenvalue weighted by molar-refractivity contribution is 8.01. The number of thioether (sulfide) groups is 1. The van der Waals surface area contributed by atoms with E-state index in [-0.39, 0.29) is 25.5 Å². The maximum Gasteiger partial charge on any atom is 0.413 e.